The minimum absolute atomic E-state index is 0.656. The van der Waals surface area contributed by atoms with E-state index in [1.807, 2.05) is 13.0 Å². The molecule has 78 valence electrons. The Morgan fingerprint density at radius 1 is 1.47 bits per heavy atom. The molecular formula is C10H12N4O. The van der Waals surface area contributed by atoms with Gasteiger partial charge in [-0.05, 0) is 13.0 Å². The zero-order chi connectivity index (χ0) is 10.5. The van der Waals surface area contributed by atoms with Crippen LogP contribution in [-0.4, -0.2) is 26.5 Å². The van der Waals surface area contributed by atoms with Crippen LogP contribution in [-0.2, 0) is 11.2 Å². The van der Waals surface area contributed by atoms with E-state index in [0.29, 0.717) is 18.7 Å². The number of aromatic nitrogens is 4. The average molecular weight is 204 g/mol. The summed E-state index contributed by atoms with van der Waals surface area (Å²) in [6.07, 6.45) is 7.55. The molecule has 0 amide bonds. The molecule has 2 rings (SSSR count). The first kappa shape index (κ1) is 9.64. The van der Waals surface area contributed by atoms with Gasteiger partial charge in [0.05, 0.1) is 25.4 Å². The zero-order valence-corrected chi connectivity index (χ0v) is 8.47. The fourth-order valence-electron chi connectivity index (χ4n) is 1.19. The van der Waals surface area contributed by atoms with Gasteiger partial charge in [0.15, 0.2) is 5.65 Å². The third-order valence-electron chi connectivity index (χ3n) is 1.88. The Morgan fingerprint density at radius 2 is 2.40 bits per heavy atom. The molecule has 0 spiro atoms. The Bertz CT molecular complexity index is 463. The van der Waals surface area contributed by atoms with Gasteiger partial charge >= 0.3 is 0 Å². The zero-order valence-electron chi connectivity index (χ0n) is 8.47. The second-order valence-corrected chi connectivity index (χ2v) is 2.96. The number of imidazole rings is 1. The van der Waals surface area contributed by atoms with E-state index in [4.69, 9.17) is 4.74 Å². The van der Waals surface area contributed by atoms with Crippen molar-refractivity contribution < 1.29 is 4.74 Å². The quantitative estimate of drug-likeness (QED) is 0.765. The van der Waals surface area contributed by atoms with Crippen molar-refractivity contribution in [3.8, 4) is 0 Å². The van der Waals surface area contributed by atoms with Crippen LogP contribution in [0.2, 0.25) is 0 Å². The number of H-pyrrole nitrogens is 1. The van der Waals surface area contributed by atoms with Crippen molar-refractivity contribution in [2.45, 2.75) is 13.3 Å². The maximum Gasteiger partial charge on any atom is 0.180 e. The molecule has 0 aliphatic rings. The summed E-state index contributed by atoms with van der Waals surface area (Å²) in [6.45, 7) is 2.62. The number of allylic oxidation sites excluding steroid dienone is 1. The predicted molar refractivity (Wildman–Crippen MR) is 56.2 cm³/mol. The van der Waals surface area contributed by atoms with Gasteiger partial charge in [0.2, 0.25) is 0 Å². The lowest BCUT2D eigenvalue weighted by molar-refractivity contribution is 0.268. The van der Waals surface area contributed by atoms with Gasteiger partial charge in [0, 0.05) is 6.42 Å². The molecule has 0 bridgehead atoms. The molecule has 2 heterocycles. The van der Waals surface area contributed by atoms with E-state index in [1.165, 1.54) is 0 Å². The molecule has 1 N–H and O–H groups in total. The Kier molecular flexibility index (Phi) is 2.92. The van der Waals surface area contributed by atoms with Crippen molar-refractivity contribution >= 4 is 11.2 Å². The number of hydrogen-bond donors (Lipinski definition) is 1. The molecule has 0 aliphatic carbocycles. The topological polar surface area (TPSA) is 63.7 Å². The van der Waals surface area contributed by atoms with Gasteiger partial charge in [-0.1, -0.05) is 0 Å². The van der Waals surface area contributed by atoms with Gasteiger partial charge < -0.3 is 9.72 Å². The second-order valence-electron chi connectivity index (χ2n) is 2.96. The Hall–Kier alpha value is -1.91. The normalized spacial score (nSPS) is 11.3. The lowest BCUT2D eigenvalue weighted by atomic mass is 10.4. The van der Waals surface area contributed by atoms with E-state index in [1.54, 1.807) is 18.8 Å². The smallest absolute Gasteiger partial charge is 0.180 e. The van der Waals surface area contributed by atoms with Gasteiger partial charge in [-0.15, -0.1) is 0 Å². The Morgan fingerprint density at radius 3 is 3.27 bits per heavy atom. The summed E-state index contributed by atoms with van der Waals surface area (Å²) in [4.78, 5) is 15.5. The number of ether oxygens (including phenoxy) is 1. The number of fused-ring (bicyclic) bond motifs is 1. The van der Waals surface area contributed by atoms with Crippen molar-refractivity contribution in [1.82, 2.24) is 19.9 Å². The molecule has 5 nitrogen and oxygen atoms in total. The van der Waals surface area contributed by atoms with E-state index in [9.17, 15) is 0 Å². The van der Waals surface area contributed by atoms with Crippen molar-refractivity contribution in [3.63, 3.8) is 0 Å². The minimum Gasteiger partial charge on any atom is -0.502 e. The summed E-state index contributed by atoms with van der Waals surface area (Å²) >= 11 is 0. The molecule has 0 saturated carbocycles. The highest BCUT2D eigenvalue weighted by Crippen LogP contribution is 2.04. The molecule has 0 aromatic carbocycles. The summed E-state index contributed by atoms with van der Waals surface area (Å²) in [6, 6.07) is 0. The highest BCUT2D eigenvalue weighted by Gasteiger charge is 1.99. The van der Waals surface area contributed by atoms with Crippen LogP contribution in [0.25, 0.3) is 11.2 Å². The van der Waals surface area contributed by atoms with E-state index < -0.39 is 0 Å². The number of nitrogens with one attached hydrogen (secondary N) is 1. The van der Waals surface area contributed by atoms with Crippen LogP contribution in [0.1, 0.15) is 12.7 Å². The van der Waals surface area contributed by atoms with Gasteiger partial charge in [-0.25, -0.2) is 15.0 Å². The van der Waals surface area contributed by atoms with E-state index in [2.05, 4.69) is 19.9 Å². The van der Waals surface area contributed by atoms with E-state index in [0.717, 1.165) is 11.3 Å². The summed E-state index contributed by atoms with van der Waals surface area (Å²) in [5.74, 6) is 0.741. The highest BCUT2D eigenvalue weighted by atomic mass is 16.5. The van der Waals surface area contributed by atoms with Crippen LogP contribution < -0.4 is 0 Å². The van der Waals surface area contributed by atoms with Crippen LogP contribution in [0.15, 0.2) is 24.9 Å². The van der Waals surface area contributed by atoms with Gasteiger partial charge in [0.1, 0.15) is 11.3 Å². The summed E-state index contributed by atoms with van der Waals surface area (Å²) in [7, 11) is 0. The number of hydrogen-bond acceptors (Lipinski definition) is 4. The van der Waals surface area contributed by atoms with Crippen LogP contribution in [0, 0.1) is 0 Å². The number of rotatable bonds is 4. The van der Waals surface area contributed by atoms with Crippen molar-refractivity contribution in [1.29, 1.82) is 0 Å². The van der Waals surface area contributed by atoms with Crippen LogP contribution >= 0.6 is 0 Å². The molecule has 0 fully saturated rings. The molecule has 0 aliphatic heterocycles. The monoisotopic (exact) mass is 204 g/mol. The summed E-state index contributed by atoms with van der Waals surface area (Å²) < 4.78 is 5.07. The first-order chi connectivity index (χ1) is 7.40. The lowest BCUT2D eigenvalue weighted by Gasteiger charge is -1.95. The van der Waals surface area contributed by atoms with Crippen molar-refractivity contribution in [2.24, 2.45) is 0 Å². The average Bonchev–Trinajstić information content (AvgIpc) is 2.71. The third kappa shape index (κ3) is 2.31. The molecule has 0 saturated heterocycles. The van der Waals surface area contributed by atoms with Gasteiger partial charge in [-0.3, -0.25) is 0 Å². The van der Waals surface area contributed by atoms with Gasteiger partial charge in [-0.2, -0.15) is 0 Å². The van der Waals surface area contributed by atoms with Crippen molar-refractivity contribution in [2.75, 3.05) is 6.61 Å². The number of aromatic amines is 1. The first-order valence-electron chi connectivity index (χ1n) is 4.81. The van der Waals surface area contributed by atoms with E-state index in [-0.39, 0.29) is 0 Å². The Balaban J connectivity index is 2.08. The van der Waals surface area contributed by atoms with Crippen LogP contribution in [0.3, 0.4) is 0 Å². The first-order valence-corrected chi connectivity index (χ1v) is 4.81. The largest absolute Gasteiger partial charge is 0.502 e. The Labute approximate surface area is 87.2 Å². The fraction of sp³-hybridized carbons (Fsp3) is 0.300. The maximum atomic E-state index is 5.07. The van der Waals surface area contributed by atoms with Crippen LogP contribution in [0.4, 0.5) is 0 Å². The predicted octanol–water partition coefficient (Wildman–Crippen LogP) is 1.45. The second kappa shape index (κ2) is 4.54. The molecule has 0 unspecified atom stereocenters. The van der Waals surface area contributed by atoms with Crippen LogP contribution in [0.5, 0.6) is 0 Å². The van der Waals surface area contributed by atoms with E-state index >= 15 is 0 Å². The summed E-state index contributed by atoms with van der Waals surface area (Å²) in [5, 5.41) is 0. The maximum absolute atomic E-state index is 5.07. The lowest BCUT2D eigenvalue weighted by Crippen LogP contribution is -1.93. The highest BCUT2D eigenvalue weighted by molar-refractivity contribution is 5.68. The SMILES string of the molecule is CCOC=CCc1ncc2[nH]cnc2n1. The standard InChI is InChI=1S/C10H12N4O/c1-2-15-5-3-4-9-11-6-8-10(14-9)13-7-12-8/h3,5-7H,2,4H2,1H3,(H,11,12,13,14). The summed E-state index contributed by atoms with van der Waals surface area (Å²) in [5.41, 5.74) is 1.55. The van der Waals surface area contributed by atoms with Crippen molar-refractivity contribution in [3.05, 3.63) is 30.7 Å². The molecule has 0 atom stereocenters. The molecule has 0 radical (unpaired) electrons. The third-order valence-corrected chi connectivity index (χ3v) is 1.88. The molecular weight excluding hydrogens is 192 g/mol. The molecule has 15 heavy (non-hydrogen) atoms. The number of nitrogens with zero attached hydrogens (tertiary/aromatic N) is 3. The fourth-order valence-corrected chi connectivity index (χ4v) is 1.19. The molecule has 5 heteroatoms. The van der Waals surface area contributed by atoms with Gasteiger partial charge in [0.25, 0.3) is 0 Å². The molecule has 2 aromatic rings. The molecule has 2 aromatic heterocycles. The minimum atomic E-state index is 0.656.